The second kappa shape index (κ2) is 9.42. The first-order valence-electron chi connectivity index (χ1n) is 9.96. The Kier molecular flexibility index (Phi) is 6.65. The first-order chi connectivity index (χ1) is 14.9. The van der Waals surface area contributed by atoms with E-state index in [4.69, 9.17) is 34.8 Å². The maximum absolute atomic E-state index is 12.6. The summed E-state index contributed by atoms with van der Waals surface area (Å²) in [5.41, 5.74) is 1.98. The van der Waals surface area contributed by atoms with Crippen LogP contribution in [0.5, 0.6) is 0 Å². The van der Waals surface area contributed by atoms with E-state index in [0.29, 0.717) is 11.2 Å². The summed E-state index contributed by atoms with van der Waals surface area (Å²) in [5.74, 6) is 0.342. The summed E-state index contributed by atoms with van der Waals surface area (Å²) in [6, 6.07) is 9.45. The molecule has 1 aliphatic heterocycles. The third kappa shape index (κ3) is 5.11. The van der Waals surface area contributed by atoms with Gasteiger partial charge in [0.15, 0.2) is 23.1 Å². The summed E-state index contributed by atoms with van der Waals surface area (Å²) >= 11 is 18.7. The largest absolute Gasteiger partial charge is 0.355 e. The molecule has 1 fully saturated rings. The third-order valence-electron chi connectivity index (χ3n) is 5.09. The fraction of sp³-hybridized carbons (Fsp3) is 0.333. The minimum atomic E-state index is -1.83. The third-order valence-corrected chi connectivity index (χ3v) is 5.71. The summed E-state index contributed by atoms with van der Waals surface area (Å²) < 4.78 is -0.272. The number of piperidine rings is 1. The van der Waals surface area contributed by atoms with Crippen LogP contribution in [0.15, 0.2) is 49.1 Å². The molecule has 10 heteroatoms. The molecule has 1 N–H and O–H groups in total. The lowest BCUT2D eigenvalue weighted by molar-refractivity contribution is -0.117. The molecule has 3 aromatic rings. The van der Waals surface area contributed by atoms with Gasteiger partial charge in [-0.2, -0.15) is 0 Å². The van der Waals surface area contributed by atoms with Crippen LogP contribution in [-0.2, 0) is 4.79 Å². The van der Waals surface area contributed by atoms with E-state index in [1.165, 1.54) is 25.2 Å². The Bertz CT molecular complexity index is 1070. The number of imidazole rings is 1. The Balaban J connectivity index is 1.62. The molecule has 0 bridgehead atoms. The molecule has 0 saturated carbocycles. The summed E-state index contributed by atoms with van der Waals surface area (Å²) in [4.78, 5) is 28.0. The SMILES string of the molecule is O=C(/C=C/c1ccccc1)NC(n1cnc2c(N3CCCCC3)ncnc21)C(Cl)(Cl)Cl. The zero-order chi connectivity index (χ0) is 21.8. The standard InChI is InChI=1S/C21H21Cl3N6O/c22-21(23,24)20(28-16(31)10-9-15-7-3-1-4-8-15)30-14-27-17-18(25-13-26-19(17)30)29-11-5-2-6-12-29/h1,3-4,7-10,13-14,20H,2,5-6,11-12H2,(H,28,31)/b10-9+. The van der Waals surface area contributed by atoms with Crippen molar-refractivity contribution in [1.82, 2.24) is 24.8 Å². The molecule has 0 radical (unpaired) electrons. The van der Waals surface area contributed by atoms with Crippen LogP contribution in [0.2, 0.25) is 0 Å². The van der Waals surface area contributed by atoms with E-state index in [1.807, 2.05) is 30.3 Å². The summed E-state index contributed by atoms with van der Waals surface area (Å²) in [6.45, 7) is 1.82. The van der Waals surface area contributed by atoms with Gasteiger partial charge >= 0.3 is 0 Å². The molecule has 1 saturated heterocycles. The van der Waals surface area contributed by atoms with Crippen molar-refractivity contribution >= 4 is 63.8 Å². The van der Waals surface area contributed by atoms with Crippen molar-refractivity contribution in [2.75, 3.05) is 18.0 Å². The number of carbonyl (C=O) groups is 1. The minimum Gasteiger partial charge on any atom is -0.355 e. The highest BCUT2D eigenvalue weighted by atomic mass is 35.6. The Morgan fingerprint density at radius 3 is 2.52 bits per heavy atom. The van der Waals surface area contributed by atoms with Crippen LogP contribution in [0.25, 0.3) is 17.2 Å². The molecule has 0 aliphatic carbocycles. The lowest BCUT2D eigenvalue weighted by Gasteiger charge is -2.28. The van der Waals surface area contributed by atoms with Crippen molar-refractivity contribution in [3.05, 3.63) is 54.6 Å². The summed E-state index contributed by atoms with van der Waals surface area (Å²) in [6.07, 6.45) is 8.47. The molecule has 31 heavy (non-hydrogen) atoms. The normalized spacial score (nSPS) is 16.0. The van der Waals surface area contributed by atoms with Gasteiger partial charge in [0.25, 0.3) is 0 Å². The van der Waals surface area contributed by atoms with Gasteiger partial charge in [-0.05, 0) is 30.9 Å². The van der Waals surface area contributed by atoms with E-state index in [1.54, 1.807) is 10.6 Å². The Hall–Kier alpha value is -2.35. The van der Waals surface area contributed by atoms with E-state index in [0.717, 1.165) is 37.3 Å². The zero-order valence-electron chi connectivity index (χ0n) is 16.6. The molecule has 1 amide bonds. The van der Waals surface area contributed by atoms with E-state index in [2.05, 4.69) is 25.2 Å². The van der Waals surface area contributed by atoms with Gasteiger partial charge in [-0.1, -0.05) is 65.1 Å². The molecule has 162 valence electrons. The number of hydrogen-bond acceptors (Lipinski definition) is 5. The second-order valence-electron chi connectivity index (χ2n) is 7.27. The number of nitrogens with one attached hydrogen (secondary N) is 1. The average Bonchev–Trinajstić information content (AvgIpc) is 3.20. The van der Waals surface area contributed by atoms with E-state index >= 15 is 0 Å². The zero-order valence-corrected chi connectivity index (χ0v) is 18.9. The number of benzene rings is 1. The maximum Gasteiger partial charge on any atom is 0.245 e. The smallest absolute Gasteiger partial charge is 0.245 e. The lowest BCUT2D eigenvalue weighted by Crippen LogP contribution is -2.39. The fourth-order valence-corrected chi connectivity index (χ4v) is 4.07. The molecule has 1 unspecified atom stereocenters. The molecule has 4 rings (SSSR count). The molecule has 2 aromatic heterocycles. The van der Waals surface area contributed by atoms with Gasteiger partial charge in [0, 0.05) is 19.2 Å². The summed E-state index contributed by atoms with van der Waals surface area (Å²) in [5, 5.41) is 2.75. The van der Waals surface area contributed by atoms with Crippen LogP contribution in [0.4, 0.5) is 5.82 Å². The number of amides is 1. The lowest BCUT2D eigenvalue weighted by atomic mass is 10.1. The van der Waals surface area contributed by atoms with Crippen molar-refractivity contribution in [2.45, 2.75) is 29.2 Å². The minimum absolute atomic E-state index is 0.410. The Morgan fingerprint density at radius 1 is 1.06 bits per heavy atom. The number of hydrogen-bond donors (Lipinski definition) is 1. The quantitative estimate of drug-likeness (QED) is 0.430. The van der Waals surface area contributed by atoms with Gasteiger partial charge < -0.3 is 10.2 Å². The van der Waals surface area contributed by atoms with Crippen LogP contribution < -0.4 is 10.2 Å². The van der Waals surface area contributed by atoms with Crippen molar-refractivity contribution in [3.63, 3.8) is 0 Å². The van der Waals surface area contributed by atoms with E-state index in [9.17, 15) is 4.79 Å². The van der Waals surface area contributed by atoms with Gasteiger partial charge in [0.2, 0.25) is 9.70 Å². The fourth-order valence-electron chi connectivity index (χ4n) is 3.59. The highest BCUT2D eigenvalue weighted by Crippen LogP contribution is 2.38. The van der Waals surface area contributed by atoms with Crippen LogP contribution >= 0.6 is 34.8 Å². The van der Waals surface area contributed by atoms with Crippen LogP contribution in [0.1, 0.15) is 31.0 Å². The van der Waals surface area contributed by atoms with Crippen molar-refractivity contribution in [1.29, 1.82) is 0 Å². The number of halogens is 3. The van der Waals surface area contributed by atoms with Crippen LogP contribution in [0.3, 0.4) is 0 Å². The first kappa shape index (κ1) is 21.9. The van der Waals surface area contributed by atoms with Crippen molar-refractivity contribution in [2.24, 2.45) is 0 Å². The molecule has 1 aliphatic rings. The molecule has 3 heterocycles. The Labute approximate surface area is 195 Å². The number of alkyl halides is 3. The number of aromatic nitrogens is 4. The molecule has 1 atom stereocenters. The highest BCUT2D eigenvalue weighted by Gasteiger charge is 2.37. The number of carbonyl (C=O) groups excluding carboxylic acids is 1. The molecule has 0 spiro atoms. The molecule has 1 aromatic carbocycles. The number of fused-ring (bicyclic) bond motifs is 1. The number of rotatable bonds is 5. The Morgan fingerprint density at radius 2 is 1.81 bits per heavy atom. The average molecular weight is 480 g/mol. The second-order valence-corrected chi connectivity index (χ2v) is 9.63. The van der Waals surface area contributed by atoms with Gasteiger partial charge in [-0.15, -0.1) is 0 Å². The number of nitrogens with zero attached hydrogens (tertiary/aromatic N) is 5. The molecule has 7 nitrogen and oxygen atoms in total. The van der Waals surface area contributed by atoms with Crippen molar-refractivity contribution in [3.8, 4) is 0 Å². The predicted molar refractivity (Wildman–Crippen MR) is 124 cm³/mol. The number of anilines is 1. The van der Waals surface area contributed by atoms with Crippen molar-refractivity contribution < 1.29 is 4.79 Å². The van der Waals surface area contributed by atoms with Gasteiger partial charge in [0.05, 0.1) is 6.33 Å². The van der Waals surface area contributed by atoms with Gasteiger partial charge in [-0.3, -0.25) is 9.36 Å². The van der Waals surface area contributed by atoms with Crippen LogP contribution in [-0.4, -0.2) is 42.3 Å². The monoisotopic (exact) mass is 478 g/mol. The highest BCUT2D eigenvalue weighted by molar-refractivity contribution is 6.68. The van der Waals surface area contributed by atoms with Crippen LogP contribution in [0, 0.1) is 0 Å². The molecular weight excluding hydrogens is 459 g/mol. The predicted octanol–water partition coefficient (Wildman–Crippen LogP) is 4.52. The first-order valence-corrected chi connectivity index (χ1v) is 11.1. The van der Waals surface area contributed by atoms with E-state index < -0.39 is 15.9 Å². The maximum atomic E-state index is 12.6. The van der Waals surface area contributed by atoms with Gasteiger partial charge in [0.1, 0.15) is 6.33 Å². The van der Waals surface area contributed by atoms with E-state index in [-0.39, 0.29) is 0 Å². The molecular formula is C21H21Cl3N6O. The summed E-state index contributed by atoms with van der Waals surface area (Å²) in [7, 11) is 0. The van der Waals surface area contributed by atoms with Gasteiger partial charge in [-0.25, -0.2) is 15.0 Å². The topological polar surface area (TPSA) is 75.9 Å².